The Morgan fingerprint density at radius 1 is 1.52 bits per heavy atom. The van der Waals surface area contributed by atoms with E-state index in [1.807, 2.05) is 10.6 Å². The van der Waals surface area contributed by atoms with Crippen molar-refractivity contribution in [3.05, 3.63) is 41.0 Å². The molecule has 0 amide bonds. The Labute approximate surface area is 125 Å². The quantitative estimate of drug-likeness (QED) is 0.337. The molecule has 0 aromatic carbocycles. The first-order valence-electron chi connectivity index (χ1n) is 6.52. The van der Waals surface area contributed by atoms with Gasteiger partial charge in [-0.1, -0.05) is 17.8 Å². The standard InChI is InChI=1S/C12H14N6O2S/c1-2-5-17-11(9-3-4-9)14-15-12(17)21-8-16-7-10(6-13-16)18(19)20/h2,6-7,9H,1,3-5,8H2. The van der Waals surface area contributed by atoms with Crippen molar-refractivity contribution in [3.63, 3.8) is 0 Å². The van der Waals surface area contributed by atoms with Gasteiger partial charge in [0.15, 0.2) is 5.16 Å². The molecule has 0 bridgehead atoms. The Balaban J connectivity index is 1.71. The summed E-state index contributed by atoms with van der Waals surface area (Å²) in [7, 11) is 0. The van der Waals surface area contributed by atoms with E-state index in [0.717, 1.165) is 23.8 Å². The van der Waals surface area contributed by atoms with Gasteiger partial charge in [-0.3, -0.25) is 14.8 Å². The third-order valence-electron chi connectivity index (χ3n) is 3.16. The molecule has 9 heteroatoms. The van der Waals surface area contributed by atoms with Crippen molar-refractivity contribution in [2.24, 2.45) is 0 Å². The lowest BCUT2D eigenvalue weighted by Gasteiger charge is -2.06. The summed E-state index contributed by atoms with van der Waals surface area (Å²) >= 11 is 1.45. The van der Waals surface area contributed by atoms with Gasteiger partial charge in [0.2, 0.25) is 0 Å². The van der Waals surface area contributed by atoms with E-state index in [1.165, 1.54) is 28.8 Å². The lowest BCUT2D eigenvalue weighted by molar-refractivity contribution is -0.385. The summed E-state index contributed by atoms with van der Waals surface area (Å²) in [5.41, 5.74) is -0.0122. The predicted molar refractivity (Wildman–Crippen MR) is 76.9 cm³/mol. The van der Waals surface area contributed by atoms with Gasteiger partial charge in [-0.15, -0.1) is 16.8 Å². The molecule has 0 saturated heterocycles. The van der Waals surface area contributed by atoms with Crippen molar-refractivity contribution in [3.8, 4) is 0 Å². The summed E-state index contributed by atoms with van der Waals surface area (Å²) in [6.45, 7) is 4.43. The summed E-state index contributed by atoms with van der Waals surface area (Å²) in [5, 5.41) is 23.8. The fourth-order valence-corrected chi connectivity index (χ4v) is 2.80. The molecule has 0 radical (unpaired) electrons. The molecule has 1 aliphatic rings. The summed E-state index contributed by atoms with van der Waals surface area (Å²) in [6, 6.07) is 0. The summed E-state index contributed by atoms with van der Waals surface area (Å²) in [6.07, 6.45) is 6.78. The van der Waals surface area contributed by atoms with Crippen molar-refractivity contribution in [1.29, 1.82) is 0 Å². The van der Waals surface area contributed by atoms with E-state index in [4.69, 9.17) is 0 Å². The second-order valence-electron chi connectivity index (χ2n) is 4.78. The van der Waals surface area contributed by atoms with Crippen molar-refractivity contribution < 1.29 is 4.92 Å². The molecule has 1 saturated carbocycles. The highest BCUT2D eigenvalue weighted by atomic mass is 32.2. The Kier molecular flexibility index (Phi) is 3.74. The average Bonchev–Trinajstić information content (AvgIpc) is 3.05. The van der Waals surface area contributed by atoms with E-state index in [-0.39, 0.29) is 5.69 Å². The molecule has 2 aromatic heterocycles. The maximum atomic E-state index is 10.6. The van der Waals surface area contributed by atoms with Crippen molar-refractivity contribution in [2.45, 2.75) is 36.3 Å². The van der Waals surface area contributed by atoms with E-state index in [1.54, 1.807) is 0 Å². The summed E-state index contributed by atoms with van der Waals surface area (Å²) in [4.78, 5) is 10.2. The van der Waals surface area contributed by atoms with Crippen molar-refractivity contribution in [2.75, 3.05) is 0 Å². The highest BCUT2D eigenvalue weighted by Gasteiger charge is 2.30. The molecule has 0 spiro atoms. The number of hydrogen-bond acceptors (Lipinski definition) is 6. The van der Waals surface area contributed by atoms with Crippen LogP contribution in [-0.4, -0.2) is 29.5 Å². The summed E-state index contributed by atoms with van der Waals surface area (Å²) < 4.78 is 3.57. The zero-order valence-electron chi connectivity index (χ0n) is 11.3. The molecule has 0 aliphatic heterocycles. The molecule has 3 rings (SSSR count). The van der Waals surface area contributed by atoms with Gasteiger partial charge in [-0.2, -0.15) is 5.10 Å². The van der Waals surface area contributed by atoms with Crippen molar-refractivity contribution in [1.82, 2.24) is 24.5 Å². The van der Waals surface area contributed by atoms with Gasteiger partial charge < -0.3 is 4.57 Å². The zero-order chi connectivity index (χ0) is 14.8. The van der Waals surface area contributed by atoms with Crippen LogP contribution in [0.2, 0.25) is 0 Å². The first kappa shape index (κ1) is 13.8. The molecule has 2 heterocycles. The van der Waals surface area contributed by atoms with Gasteiger partial charge in [-0.05, 0) is 12.8 Å². The van der Waals surface area contributed by atoms with Crippen LogP contribution in [0.1, 0.15) is 24.6 Å². The third-order valence-corrected chi connectivity index (χ3v) is 4.11. The van der Waals surface area contributed by atoms with Gasteiger partial charge in [0.05, 0.1) is 10.8 Å². The van der Waals surface area contributed by atoms with Crippen LogP contribution in [0.5, 0.6) is 0 Å². The van der Waals surface area contributed by atoms with Crippen LogP contribution in [0, 0.1) is 10.1 Å². The molecule has 110 valence electrons. The van der Waals surface area contributed by atoms with E-state index in [0.29, 0.717) is 18.3 Å². The molecule has 21 heavy (non-hydrogen) atoms. The van der Waals surface area contributed by atoms with Gasteiger partial charge in [-0.25, -0.2) is 0 Å². The maximum absolute atomic E-state index is 10.6. The van der Waals surface area contributed by atoms with Gasteiger partial charge in [0, 0.05) is 12.5 Å². The highest BCUT2D eigenvalue weighted by molar-refractivity contribution is 7.98. The Morgan fingerprint density at radius 2 is 2.33 bits per heavy atom. The van der Waals surface area contributed by atoms with Gasteiger partial charge in [0.25, 0.3) is 0 Å². The highest BCUT2D eigenvalue weighted by Crippen LogP contribution is 2.40. The zero-order valence-corrected chi connectivity index (χ0v) is 12.1. The normalized spacial score (nSPS) is 14.3. The minimum absolute atomic E-state index is 0.0122. The topological polar surface area (TPSA) is 91.7 Å². The predicted octanol–water partition coefficient (Wildman–Crippen LogP) is 2.20. The number of thioether (sulfide) groups is 1. The lowest BCUT2D eigenvalue weighted by Crippen LogP contribution is -2.04. The number of aromatic nitrogens is 5. The Bertz CT molecular complexity index is 675. The van der Waals surface area contributed by atoms with E-state index in [9.17, 15) is 10.1 Å². The monoisotopic (exact) mass is 306 g/mol. The Morgan fingerprint density at radius 3 is 2.95 bits per heavy atom. The van der Waals surface area contributed by atoms with Crippen LogP contribution in [0.15, 0.2) is 30.2 Å². The Hall–Kier alpha value is -2.16. The number of hydrogen-bond donors (Lipinski definition) is 0. The molecule has 0 unspecified atom stereocenters. The number of allylic oxidation sites excluding steroid dienone is 1. The number of nitrogens with zero attached hydrogens (tertiary/aromatic N) is 6. The minimum Gasteiger partial charge on any atom is -0.302 e. The lowest BCUT2D eigenvalue weighted by atomic mass is 10.4. The van der Waals surface area contributed by atoms with Crippen LogP contribution in [0.25, 0.3) is 0 Å². The molecule has 2 aromatic rings. The van der Waals surface area contributed by atoms with E-state index < -0.39 is 4.92 Å². The SMILES string of the molecule is C=CCn1c(SCn2cc([N+](=O)[O-])cn2)nnc1C1CC1. The smallest absolute Gasteiger partial charge is 0.302 e. The molecule has 1 fully saturated rings. The second kappa shape index (κ2) is 5.68. The number of rotatable bonds is 7. The average molecular weight is 306 g/mol. The van der Waals surface area contributed by atoms with Gasteiger partial charge >= 0.3 is 5.69 Å². The largest absolute Gasteiger partial charge is 0.307 e. The van der Waals surface area contributed by atoms with Gasteiger partial charge in [0.1, 0.15) is 18.2 Å². The summed E-state index contributed by atoms with van der Waals surface area (Å²) in [5.74, 6) is 1.97. The molecule has 1 aliphatic carbocycles. The van der Waals surface area contributed by atoms with Crippen molar-refractivity contribution >= 4 is 17.4 Å². The molecule has 0 atom stereocenters. The third kappa shape index (κ3) is 2.97. The fourth-order valence-electron chi connectivity index (χ4n) is 1.99. The molecule has 8 nitrogen and oxygen atoms in total. The van der Waals surface area contributed by atoms with Crippen LogP contribution in [0.3, 0.4) is 0 Å². The molecular weight excluding hydrogens is 292 g/mol. The molecule has 0 N–H and O–H groups in total. The first-order valence-corrected chi connectivity index (χ1v) is 7.51. The van der Waals surface area contributed by atoms with Crippen LogP contribution >= 0.6 is 11.8 Å². The number of nitro groups is 1. The second-order valence-corrected chi connectivity index (χ2v) is 5.69. The minimum atomic E-state index is -0.459. The molecular formula is C12H14N6O2S. The first-order chi connectivity index (χ1) is 10.2. The van der Waals surface area contributed by atoms with Crippen LogP contribution < -0.4 is 0 Å². The van der Waals surface area contributed by atoms with Crippen LogP contribution in [-0.2, 0) is 12.4 Å². The van der Waals surface area contributed by atoms with E-state index >= 15 is 0 Å². The van der Waals surface area contributed by atoms with E-state index in [2.05, 4.69) is 21.9 Å². The van der Waals surface area contributed by atoms with Crippen LogP contribution in [0.4, 0.5) is 5.69 Å². The maximum Gasteiger partial charge on any atom is 0.307 e. The fraction of sp³-hybridized carbons (Fsp3) is 0.417.